The summed E-state index contributed by atoms with van der Waals surface area (Å²) in [4.78, 5) is 19.6. The van der Waals surface area contributed by atoms with Gasteiger partial charge in [-0.15, -0.1) is 0 Å². The third-order valence-corrected chi connectivity index (χ3v) is 3.63. The molecule has 0 radical (unpaired) electrons. The van der Waals surface area contributed by atoms with Crippen molar-refractivity contribution in [2.75, 3.05) is 5.32 Å². The molecule has 1 aromatic carbocycles. The summed E-state index contributed by atoms with van der Waals surface area (Å²) in [6, 6.07) is 4.79. The van der Waals surface area contributed by atoms with Crippen molar-refractivity contribution in [3.63, 3.8) is 0 Å². The predicted molar refractivity (Wildman–Crippen MR) is 79.2 cm³/mol. The first-order valence-electron chi connectivity index (χ1n) is 4.91. The minimum Gasteiger partial charge on any atom is -0.317 e. The molecule has 0 unspecified atom stereocenters. The van der Waals surface area contributed by atoms with Crippen LogP contribution in [0.25, 0.3) is 0 Å². The molecule has 0 atom stereocenters. The van der Waals surface area contributed by atoms with Gasteiger partial charge in [-0.1, -0.05) is 34.8 Å². The largest absolute Gasteiger partial charge is 0.317 e. The first-order valence-corrected chi connectivity index (χ1v) is 6.84. The van der Waals surface area contributed by atoms with Crippen molar-refractivity contribution in [3.05, 3.63) is 49.9 Å². The smallest absolute Gasteiger partial charge is 0.256 e. The Morgan fingerprint density at radius 2 is 1.79 bits per heavy atom. The fourth-order valence-electron chi connectivity index (χ4n) is 1.30. The molecule has 0 saturated carbocycles. The second-order valence-corrected chi connectivity index (χ2v) is 5.42. The number of aromatic nitrogens is 2. The molecule has 4 nitrogen and oxygen atoms in total. The molecule has 98 valence electrons. The Bertz CT molecular complexity index is 631. The van der Waals surface area contributed by atoms with E-state index in [2.05, 4.69) is 31.2 Å². The highest BCUT2D eigenvalue weighted by molar-refractivity contribution is 9.10. The maximum Gasteiger partial charge on any atom is 0.256 e. The molecule has 0 saturated heterocycles. The highest BCUT2D eigenvalue weighted by Crippen LogP contribution is 2.28. The van der Waals surface area contributed by atoms with Crippen LogP contribution in [0.4, 0.5) is 5.69 Å². The number of rotatable bonds is 2. The Balaban J connectivity index is 2.31. The first kappa shape index (κ1) is 14.5. The van der Waals surface area contributed by atoms with Gasteiger partial charge in [0, 0.05) is 9.50 Å². The Labute approximate surface area is 132 Å². The zero-order chi connectivity index (χ0) is 14.0. The Morgan fingerprint density at radius 3 is 2.37 bits per heavy atom. The topological polar surface area (TPSA) is 54.9 Å². The maximum atomic E-state index is 12.1. The predicted octanol–water partition coefficient (Wildman–Crippen LogP) is 4.45. The molecule has 0 aliphatic heterocycles. The number of amides is 1. The van der Waals surface area contributed by atoms with Crippen LogP contribution in [0.1, 0.15) is 10.4 Å². The summed E-state index contributed by atoms with van der Waals surface area (Å²) in [6.07, 6.45) is 1.21. The molecule has 2 rings (SSSR count). The van der Waals surface area contributed by atoms with E-state index in [0.717, 1.165) is 0 Å². The summed E-state index contributed by atoms with van der Waals surface area (Å²) < 4.78 is 0.557. The van der Waals surface area contributed by atoms with Crippen molar-refractivity contribution >= 4 is 62.3 Å². The van der Waals surface area contributed by atoms with Crippen LogP contribution in [0.3, 0.4) is 0 Å². The highest BCUT2D eigenvalue weighted by Gasteiger charge is 2.15. The number of carbonyl (C=O) groups is 1. The molecular weight excluding hydrogens is 376 g/mol. The first-order chi connectivity index (χ1) is 8.99. The molecule has 0 spiro atoms. The van der Waals surface area contributed by atoms with Crippen LogP contribution in [0.5, 0.6) is 0 Å². The van der Waals surface area contributed by atoms with Gasteiger partial charge in [0.15, 0.2) is 10.3 Å². The van der Waals surface area contributed by atoms with Gasteiger partial charge in [0.25, 0.3) is 5.91 Å². The number of nitrogens with zero attached hydrogens (tertiary/aromatic N) is 2. The van der Waals surface area contributed by atoms with Crippen LogP contribution >= 0.6 is 50.7 Å². The fraction of sp³-hybridized carbons (Fsp3) is 0. The molecular formula is C11H5BrCl3N3O. The molecule has 19 heavy (non-hydrogen) atoms. The van der Waals surface area contributed by atoms with E-state index in [1.807, 2.05) is 0 Å². The number of halogens is 4. The molecule has 0 fully saturated rings. The molecule has 0 aliphatic rings. The number of anilines is 1. The van der Waals surface area contributed by atoms with Crippen molar-refractivity contribution < 1.29 is 4.79 Å². The van der Waals surface area contributed by atoms with E-state index in [-0.39, 0.29) is 16.0 Å². The molecule has 2 aromatic rings. The monoisotopic (exact) mass is 379 g/mol. The van der Waals surface area contributed by atoms with Gasteiger partial charge in [-0.2, -0.15) is 0 Å². The van der Waals surface area contributed by atoms with Crippen molar-refractivity contribution in [2.45, 2.75) is 0 Å². The van der Waals surface area contributed by atoms with Crippen LogP contribution in [0.2, 0.25) is 15.3 Å². The third kappa shape index (κ3) is 3.36. The van der Waals surface area contributed by atoms with Gasteiger partial charge in [0.1, 0.15) is 12.0 Å². The standard InChI is InChI=1S/C11H5BrCl3N3O/c12-7-3-5(13)1-2-6(7)11(19)18-8-9(14)16-4-17-10(8)15/h1-4H,(H,18,19). The van der Waals surface area contributed by atoms with E-state index < -0.39 is 5.91 Å². The average molecular weight is 381 g/mol. The van der Waals surface area contributed by atoms with Gasteiger partial charge in [-0.05, 0) is 34.1 Å². The summed E-state index contributed by atoms with van der Waals surface area (Å²) in [6.45, 7) is 0. The van der Waals surface area contributed by atoms with E-state index in [4.69, 9.17) is 34.8 Å². The summed E-state index contributed by atoms with van der Waals surface area (Å²) in [5.41, 5.74) is 0.554. The van der Waals surface area contributed by atoms with Crippen LogP contribution < -0.4 is 5.32 Å². The van der Waals surface area contributed by atoms with Crippen molar-refractivity contribution in [1.82, 2.24) is 9.97 Å². The number of hydrogen-bond donors (Lipinski definition) is 1. The highest BCUT2D eigenvalue weighted by atomic mass is 79.9. The second-order valence-electron chi connectivity index (χ2n) is 3.41. The van der Waals surface area contributed by atoms with Gasteiger partial charge in [0.2, 0.25) is 0 Å². The normalized spacial score (nSPS) is 10.3. The zero-order valence-corrected chi connectivity index (χ0v) is 13.0. The maximum absolute atomic E-state index is 12.1. The van der Waals surface area contributed by atoms with E-state index in [9.17, 15) is 4.79 Å². The molecule has 0 aliphatic carbocycles. The van der Waals surface area contributed by atoms with E-state index in [1.165, 1.54) is 6.33 Å². The van der Waals surface area contributed by atoms with Crippen molar-refractivity contribution in [3.8, 4) is 0 Å². The zero-order valence-electron chi connectivity index (χ0n) is 9.12. The van der Waals surface area contributed by atoms with Gasteiger partial charge < -0.3 is 5.32 Å². The summed E-state index contributed by atoms with van der Waals surface area (Å²) >= 11 is 20.7. The molecule has 1 aromatic heterocycles. The quantitative estimate of drug-likeness (QED) is 0.782. The lowest BCUT2D eigenvalue weighted by molar-refractivity contribution is 0.102. The molecule has 0 bridgehead atoms. The fourth-order valence-corrected chi connectivity index (χ4v) is 2.57. The Hall–Kier alpha value is -0.880. The van der Waals surface area contributed by atoms with Gasteiger partial charge >= 0.3 is 0 Å². The minimum atomic E-state index is -0.401. The number of nitrogens with one attached hydrogen (secondary N) is 1. The summed E-state index contributed by atoms with van der Waals surface area (Å²) in [7, 11) is 0. The Kier molecular flexibility index (Phi) is 4.62. The SMILES string of the molecule is O=C(Nc1c(Cl)ncnc1Cl)c1ccc(Cl)cc1Br. The minimum absolute atomic E-state index is 0.0680. The number of carbonyl (C=O) groups excluding carboxylic acids is 1. The van der Waals surface area contributed by atoms with E-state index in [1.54, 1.807) is 18.2 Å². The summed E-state index contributed by atoms with van der Waals surface area (Å²) in [5.74, 6) is -0.401. The van der Waals surface area contributed by atoms with Gasteiger partial charge in [0.05, 0.1) is 5.56 Å². The van der Waals surface area contributed by atoms with Gasteiger partial charge in [-0.3, -0.25) is 4.79 Å². The lowest BCUT2D eigenvalue weighted by Crippen LogP contribution is -2.14. The second kappa shape index (κ2) is 6.05. The van der Waals surface area contributed by atoms with E-state index in [0.29, 0.717) is 15.1 Å². The molecule has 1 heterocycles. The third-order valence-electron chi connectivity index (χ3n) is 2.17. The lowest BCUT2D eigenvalue weighted by Gasteiger charge is -2.09. The van der Waals surface area contributed by atoms with Crippen LogP contribution in [0.15, 0.2) is 29.0 Å². The van der Waals surface area contributed by atoms with E-state index >= 15 is 0 Å². The van der Waals surface area contributed by atoms with Crippen LogP contribution in [-0.4, -0.2) is 15.9 Å². The number of benzene rings is 1. The average Bonchev–Trinajstić information content (AvgIpc) is 2.33. The van der Waals surface area contributed by atoms with Gasteiger partial charge in [-0.25, -0.2) is 9.97 Å². The van der Waals surface area contributed by atoms with Crippen molar-refractivity contribution in [2.24, 2.45) is 0 Å². The molecule has 1 amide bonds. The Morgan fingerprint density at radius 1 is 1.16 bits per heavy atom. The van der Waals surface area contributed by atoms with Crippen LogP contribution in [0, 0.1) is 0 Å². The molecule has 8 heteroatoms. The molecule has 1 N–H and O–H groups in total. The van der Waals surface area contributed by atoms with Crippen molar-refractivity contribution in [1.29, 1.82) is 0 Å². The lowest BCUT2D eigenvalue weighted by atomic mass is 10.2. The van der Waals surface area contributed by atoms with Crippen LogP contribution in [-0.2, 0) is 0 Å². The number of hydrogen-bond acceptors (Lipinski definition) is 3. The summed E-state index contributed by atoms with van der Waals surface area (Å²) in [5, 5.41) is 3.21.